The van der Waals surface area contributed by atoms with Gasteiger partial charge in [0.15, 0.2) is 0 Å². The molecule has 6 aromatic carbocycles. The summed E-state index contributed by atoms with van der Waals surface area (Å²) in [7, 11) is 0. The Balaban J connectivity index is 1.73. The molecule has 0 fully saturated rings. The average Bonchev–Trinajstić information content (AvgIpc) is 2.99. The molecule has 0 unspecified atom stereocenters. The maximum absolute atomic E-state index is 6.06. The molecule has 182 valence electrons. The third-order valence-corrected chi connectivity index (χ3v) is 6.80. The standard InChI is InChI=1S/C36H28N2/c37-30-23-21-27(22-24-30)33-25-26-34(38(31-17-9-3-10-18-31)32-19-11-4-12-20-32)36(29-15-7-2-8-16-29)35(33)28-13-5-1-6-14-28/h1-26H,37H2. The third-order valence-electron chi connectivity index (χ3n) is 6.80. The Morgan fingerprint density at radius 2 is 0.816 bits per heavy atom. The Labute approximate surface area is 224 Å². The van der Waals surface area contributed by atoms with E-state index in [1.807, 2.05) is 12.1 Å². The second kappa shape index (κ2) is 10.5. The predicted molar refractivity (Wildman–Crippen MR) is 162 cm³/mol. The van der Waals surface area contributed by atoms with Crippen molar-refractivity contribution in [3.63, 3.8) is 0 Å². The normalized spacial score (nSPS) is 10.7. The van der Waals surface area contributed by atoms with Gasteiger partial charge in [0.1, 0.15) is 0 Å². The first-order chi connectivity index (χ1) is 18.8. The smallest absolute Gasteiger partial charge is 0.0546 e. The number of hydrogen-bond donors (Lipinski definition) is 1. The van der Waals surface area contributed by atoms with E-state index < -0.39 is 0 Å². The SMILES string of the molecule is Nc1ccc(-c2ccc(N(c3ccccc3)c3ccccc3)c(-c3ccccc3)c2-c2ccccc2)cc1. The highest BCUT2D eigenvalue weighted by Gasteiger charge is 2.23. The van der Waals surface area contributed by atoms with Gasteiger partial charge in [0.05, 0.1) is 5.69 Å². The highest BCUT2D eigenvalue weighted by atomic mass is 15.1. The summed E-state index contributed by atoms with van der Waals surface area (Å²) in [5.41, 5.74) is 17.1. The number of benzene rings is 6. The van der Waals surface area contributed by atoms with Crippen LogP contribution in [0.3, 0.4) is 0 Å². The number of nitrogen functional groups attached to an aromatic ring is 1. The van der Waals surface area contributed by atoms with Gasteiger partial charge in [0.25, 0.3) is 0 Å². The lowest BCUT2D eigenvalue weighted by Crippen LogP contribution is -2.12. The minimum Gasteiger partial charge on any atom is -0.399 e. The number of hydrogen-bond acceptors (Lipinski definition) is 2. The number of rotatable bonds is 6. The van der Waals surface area contributed by atoms with Crippen LogP contribution in [-0.4, -0.2) is 0 Å². The average molecular weight is 489 g/mol. The highest BCUT2D eigenvalue weighted by Crippen LogP contribution is 2.48. The topological polar surface area (TPSA) is 29.3 Å². The highest BCUT2D eigenvalue weighted by molar-refractivity contribution is 6.02. The molecule has 0 aromatic heterocycles. The van der Waals surface area contributed by atoms with Crippen molar-refractivity contribution in [3.8, 4) is 33.4 Å². The molecule has 0 aliphatic rings. The molecular weight excluding hydrogens is 460 g/mol. The van der Waals surface area contributed by atoms with E-state index in [1.54, 1.807) is 0 Å². The van der Waals surface area contributed by atoms with Crippen LogP contribution in [0.2, 0.25) is 0 Å². The number of para-hydroxylation sites is 2. The quantitative estimate of drug-likeness (QED) is 0.236. The second-order valence-corrected chi connectivity index (χ2v) is 9.24. The van der Waals surface area contributed by atoms with E-state index in [9.17, 15) is 0 Å². The molecule has 6 rings (SSSR count). The second-order valence-electron chi connectivity index (χ2n) is 9.24. The molecule has 2 heteroatoms. The molecule has 0 saturated heterocycles. The van der Waals surface area contributed by atoms with Crippen molar-refractivity contribution in [2.45, 2.75) is 0 Å². The van der Waals surface area contributed by atoms with E-state index in [-0.39, 0.29) is 0 Å². The summed E-state index contributed by atoms with van der Waals surface area (Å²) in [5.74, 6) is 0. The first-order valence-electron chi connectivity index (χ1n) is 12.8. The maximum atomic E-state index is 6.06. The van der Waals surface area contributed by atoms with Crippen molar-refractivity contribution >= 4 is 22.7 Å². The Bertz CT molecular complexity index is 1590. The zero-order valence-corrected chi connectivity index (χ0v) is 21.0. The first kappa shape index (κ1) is 23.3. The Morgan fingerprint density at radius 1 is 0.368 bits per heavy atom. The van der Waals surface area contributed by atoms with Crippen molar-refractivity contribution < 1.29 is 0 Å². The van der Waals surface area contributed by atoms with Crippen molar-refractivity contribution in [1.29, 1.82) is 0 Å². The van der Waals surface area contributed by atoms with E-state index in [1.165, 1.54) is 22.3 Å². The van der Waals surface area contributed by atoms with Crippen LogP contribution in [0.25, 0.3) is 33.4 Å². The number of nitrogens with two attached hydrogens (primary N) is 1. The van der Waals surface area contributed by atoms with E-state index in [0.717, 1.165) is 33.9 Å². The number of nitrogens with zero attached hydrogens (tertiary/aromatic N) is 1. The van der Waals surface area contributed by atoms with Gasteiger partial charge in [0, 0.05) is 22.6 Å². The predicted octanol–water partition coefficient (Wildman–Crippen LogP) is 9.74. The van der Waals surface area contributed by atoms with Crippen molar-refractivity contribution in [1.82, 2.24) is 0 Å². The van der Waals surface area contributed by atoms with Crippen LogP contribution in [0.5, 0.6) is 0 Å². The van der Waals surface area contributed by atoms with Gasteiger partial charge in [-0.15, -0.1) is 0 Å². The maximum Gasteiger partial charge on any atom is 0.0546 e. The minimum atomic E-state index is 0.759. The summed E-state index contributed by atoms with van der Waals surface area (Å²) in [6.07, 6.45) is 0. The molecule has 38 heavy (non-hydrogen) atoms. The summed E-state index contributed by atoms with van der Waals surface area (Å²) in [5, 5.41) is 0. The summed E-state index contributed by atoms with van der Waals surface area (Å²) >= 11 is 0. The van der Waals surface area contributed by atoms with Crippen LogP contribution in [0.15, 0.2) is 158 Å². The van der Waals surface area contributed by atoms with Crippen molar-refractivity contribution in [2.75, 3.05) is 10.6 Å². The zero-order valence-electron chi connectivity index (χ0n) is 21.0. The van der Waals surface area contributed by atoms with Gasteiger partial charge in [-0.2, -0.15) is 0 Å². The van der Waals surface area contributed by atoms with Crippen LogP contribution in [-0.2, 0) is 0 Å². The molecular formula is C36H28N2. The van der Waals surface area contributed by atoms with Gasteiger partial charge in [-0.3, -0.25) is 0 Å². The van der Waals surface area contributed by atoms with E-state index in [0.29, 0.717) is 0 Å². The monoisotopic (exact) mass is 488 g/mol. The minimum absolute atomic E-state index is 0.759. The van der Waals surface area contributed by atoms with E-state index >= 15 is 0 Å². The molecule has 2 nitrogen and oxygen atoms in total. The van der Waals surface area contributed by atoms with E-state index in [2.05, 4.69) is 150 Å². The largest absolute Gasteiger partial charge is 0.399 e. The van der Waals surface area contributed by atoms with Crippen molar-refractivity contribution in [3.05, 3.63) is 158 Å². The lowest BCUT2D eigenvalue weighted by molar-refractivity contribution is 1.28. The lowest BCUT2D eigenvalue weighted by Gasteiger charge is -2.30. The summed E-state index contributed by atoms with van der Waals surface area (Å²) in [6, 6.07) is 55.2. The molecule has 0 aliphatic carbocycles. The fourth-order valence-corrected chi connectivity index (χ4v) is 5.06. The van der Waals surface area contributed by atoms with Gasteiger partial charge < -0.3 is 10.6 Å². The molecule has 0 heterocycles. The van der Waals surface area contributed by atoms with Gasteiger partial charge in [-0.05, 0) is 70.3 Å². The van der Waals surface area contributed by atoms with Crippen LogP contribution in [0.4, 0.5) is 22.7 Å². The fourth-order valence-electron chi connectivity index (χ4n) is 5.06. The molecule has 0 radical (unpaired) electrons. The molecule has 0 atom stereocenters. The first-order valence-corrected chi connectivity index (χ1v) is 12.8. The fraction of sp³-hybridized carbons (Fsp3) is 0. The summed E-state index contributed by atoms with van der Waals surface area (Å²) < 4.78 is 0. The summed E-state index contributed by atoms with van der Waals surface area (Å²) in [6.45, 7) is 0. The molecule has 2 N–H and O–H groups in total. The molecule has 0 amide bonds. The molecule has 0 spiro atoms. The van der Waals surface area contributed by atoms with Gasteiger partial charge in [-0.25, -0.2) is 0 Å². The van der Waals surface area contributed by atoms with Gasteiger partial charge in [-0.1, -0.05) is 115 Å². The van der Waals surface area contributed by atoms with Gasteiger partial charge >= 0.3 is 0 Å². The summed E-state index contributed by atoms with van der Waals surface area (Å²) in [4.78, 5) is 2.35. The van der Waals surface area contributed by atoms with Crippen LogP contribution in [0.1, 0.15) is 0 Å². The Morgan fingerprint density at radius 3 is 1.32 bits per heavy atom. The van der Waals surface area contributed by atoms with E-state index in [4.69, 9.17) is 5.73 Å². The molecule has 0 saturated carbocycles. The van der Waals surface area contributed by atoms with Crippen LogP contribution < -0.4 is 10.6 Å². The van der Waals surface area contributed by atoms with Crippen molar-refractivity contribution in [2.24, 2.45) is 0 Å². The molecule has 6 aromatic rings. The molecule has 0 bridgehead atoms. The van der Waals surface area contributed by atoms with Gasteiger partial charge in [0.2, 0.25) is 0 Å². The van der Waals surface area contributed by atoms with Crippen LogP contribution >= 0.6 is 0 Å². The third kappa shape index (κ3) is 4.56. The Hall–Kier alpha value is -5.08. The Kier molecular flexibility index (Phi) is 6.44. The molecule has 0 aliphatic heterocycles. The zero-order chi connectivity index (χ0) is 25.7. The lowest BCUT2D eigenvalue weighted by atomic mass is 9.86. The van der Waals surface area contributed by atoms with Crippen LogP contribution in [0, 0.1) is 0 Å². The number of anilines is 4.